The van der Waals surface area contributed by atoms with Crippen LogP contribution in [0.25, 0.3) is 0 Å². The first-order valence-electron chi connectivity index (χ1n) is 9.76. The van der Waals surface area contributed by atoms with Crippen LogP contribution in [0.3, 0.4) is 0 Å². The van der Waals surface area contributed by atoms with Gasteiger partial charge in [0, 0.05) is 18.7 Å². The summed E-state index contributed by atoms with van der Waals surface area (Å²) >= 11 is 0. The quantitative estimate of drug-likeness (QED) is 0.382. The van der Waals surface area contributed by atoms with Gasteiger partial charge in [-0.15, -0.1) is 0 Å². The minimum Gasteiger partial charge on any atom is -0.493 e. The van der Waals surface area contributed by atoms with Crippen molar-refractivity contribution in [2.45, 2.75) is 25.7 Å². The van der Waals surface area contributed by atoms with Crippen LogP contribution in [0.2, 0.25) is 0 Å². The third-order valence-electron chi connectivity index (χ3n) is 4.47. The zero-order chi connectivity index (χ0) is 24.4. The number of ether oxygens (including phenoxy) is 3. The summed E-state index contributed by atoms with van der Waals surface area (Å²) in [5.74, 6) is 0.575. The molecule has 12 heteroatoms. The minimum atomic E-state index is -4.37. The fraction of sp³-hybridized carbons (Fsp3) is 0.381. The van der Waals surface area contributed by atoms with Crippen molar-refractivity contribution in [2.24, 2.45) is 0 Å². The number of nitro groups is 1. The van der Waals surface area contributed by atoms with Crippen LogP contribution >= 0.6 is 0 Å². The Hall–Kier alpha value is -3.54. The summed E-state index contributed by atoms with van der Waals surface area (Å²) in [4.78, 5) is 22.8. The first kappa shape index (κ1) is 25.7. The molecule has 0 aliphatic rings. The number of amides is 2. The zero-order valence-electron chi connectivity index (χ0n) is 18.0. The van der Waals surface area contributed by atoms with Gasteiger partial charge in [-0.1, -0.05) is 24.3 Å². The second kappa shape index (κ2) is 11.9. The average molecular weight is 471 g/mol. The monoisotopic (exact) mass is 471 g/mol. The molecule has 0 radical (unpaired) electrons. The molecule has 0 aliphatic heterocycles. The Kier molecular flexibility index (Phi) is 9.28. The summed E-state index contributed by atoms with van der Waals surface area (Å²) < 4.78 is 51.1. The van der Waals surface area contributed by atoms with Crippen molar-refractivity contribution in [1.82, 2.24) is 10.6 Å². The van der Waals surface area contributed by atoms with E-state index in [0.717, 1.165) is 5.56 Å². The van der Waals surface area contributed by atoms with Crippen LogP contribution in [-0.2, 0) is 24.3 Å². The fourth-order valence-corrected chi connectivity index (χ4v) is 2.87. The normalized spacial score (nSPS) is 11.1. The van der Waals surface area contributed by atoms with Crippen LogP contribution < -0.4 is 20.1 Å². The Morgan fingerprint density at radius 3 is 2.21 bits per heavy atom. The van der Waals surface area contributed by atoms with Crippen molar-refractivity contribution in [3.63, 3.8) is 0 Å². The van der Waals surface area contributed by atoms with Crippen molar-refractivity contribution in [1.29, 1.82) is 0 Å². The highest BCUT2D eigenvalue weighted by Gasteiger charge is 2.27. The number of benzene rings is 2. The highest BCUT2D eigenvalue weighted by molar-refractivity contribution is 5.73. The Morgan fingerprint density at radius 2 is 1.64 bits per heavy atom. The van der Waals surface area contributed by atoms with Crippen molar-refractivity contribution in [3.05, 3.63) is 63.2 Å². The molecule has 0 spiro atoms. The van der Waals surface area contributed by atoms with Crippen molar-refractivity contribution in [2.75, 3.05) is 27.4 Å². The number of urea groups is 1. The van der Waals surface area contributed by atoms with Crippen molar-refractivity contribution >= 4 is 11.7 Å². The molecular formula is C21H24F3N3O6. The van der Waals surface area contributed by atoms with Gasteiger partial charge in [-0.05, 0) is 23.6 Å². The predicted molar refractivity (Wildman–Crippen MR) is 112 cm³/mol. The number of alkyl halides is 3. The summed E-state index contributed by atoms with van der Waals surface area (Å²) in [6.07, 6.45) is -4.18. The second-order valence-electron chi connectivity index (χ2n) is 6.88. The van der Waals surface area contributed by atoms with Gasteiger partial charge < -0.3 is 24.8 Å². The third kappa shape index (κ3) is 8.48. The molecule has 0 bridgehead atoms. The molecule has 0 fully saturated rings. The highest BCUT2D eigenvalue weighted by Crippen LogP contribution is 2.34. The first-order chi connectivity index (χ1) is 15.6. The largest absolute Gasteiger partial charge is 0.493 e. The van der Waals surface area contributed by atoms with Gasteiger partial charge in [0.25, 0.3) is 5.69 Å². The molecule has 9 nitrogen and oxygen atoms in total. The summed E-state index contributed by atoms with van der Waals surface area (Å²) in [6, 6.07) is 8.85. The van der Waals surface area contributed by atoms with E-state index in [0.29, 0.717) is 16.9 Å². The number of hydrogen-bond acceptors (Lipinski definition) is 6. The standard InChI is InChI=1S/C21H24F3N3O6/c1-31-18-9-16(17(27(29)30)10-19(18)32-2)7-8-25-20(28)26-11-14-3-5-15(6-4-14)12-33-13-21(22,23)24/h3-6,9-10H,7-8,11-13H2,1-2H3,(H2,25,26,28). The first-order valence-corrected chi connectivity index (χ1v) is 9.76. The van der Waals surface area contributed by atoms with E-state index in [1.165, 1.54) is 26.4 Å². The molecule has 0 aliphatic carbocycles. The van der Waals surface area contributed by atoms with E-state index in [1.807, 2.05) is 0 Å². The lowest BCUT2D eigenvalue weighted by Crippen LogP contribution is -2.36. The summed E-state index contributed by atoms with van der Waals surface area (Å²) in [5, 5.41) is 16.6. The number of carbonyl (C=O) groups excluding carboxylic acids is 1. The Balaban J connectivity index is 1.81. The van der Waals surface area contributed by atoms with E-state index in [1.54, 1.807) is 24.3 Å². The smallest absolute Gasteiger partial charge is 0.411 e. The number of halogens is 3. The van der Waals surface area contributed by atoms with E-state index < -0.39 is 23.7 Å². The van der Waals surface area contributed by atoms with E-state index >= 15 is 0 Å². The summed E-state index contributed by atoms with van der Waals surface area (Å²) in [6.45, 7) is -1.16. The average Bonchev–Trinajstić information content (AvgIpc) is 2.77. The molecule has 180 valence electrons. The molecule has 0 saturated heterocycles. The Labute approximate surface area is 188 Å². The van der Waals surface area contributed by atoms with Crippen molar-refractivity contribution < 1.29 is 37.1 Å². The molecule has 2 aromatic rings. The zero-order valence-corrected chi connectivity index (χ0v) is 18.0. The molecule has 0 aromatic heterocycles. The molecule has 0 atom stereocenters. The Bertz CT molecular complexity index is 951. The number of nitrogens with zero attached hydrogens (tertiary/aromatic N) is 1. The van der Waals surface area contributed by atoms with E-state index in [2.05, 4.69) is 15.4 Å². The Morgan fingerprint density at radius 1 is 1.03 bits per heavy atom. The van der Waals surface area contributed by atoms with Crippen LogP contribution in [0.1, 0.15) is 16.7 Å². The molecule has 0 saturated carbocycles. The van der Waals surface area contributed by atoms with Crippen LogP contribution in [0, 0.1) is 10.1 Å². The molecule has 2 N–H and O–H groups in total. The summed E-state index contributed by atoms with van der Waals surface area (Å²) in [5.41, 5.74) is 1.54. The van der Waals surface area contributed by atoms with Gasteiger partial charge in [-0.25, -0.2) is 4.79 Å². The van der Waals surface area contributed by atoms with E-state index in [9.17, 15) is 28.1 Å². The molecule has 2 rings (SSSR count). The SMILES string of the molecule is COc1cc(CCNC(=O)NCc2ccc(COCC(F)(F)F)cc2)c([N+](=O)[O-])cc1OC. The topological polar surface area (TPSA) is 112 Å². The number of methoxy groups -OCH3 is 2. The third-order valence-corrected chi connectivity index (χ3v) is 4.47. The lowest BCUT2D eigenvalue weighted by molar-refractivity contribution is -0.385. The summed E-state index contributed by atoms with van der Waals surface area (Å²) in [7, 11) is 2.80. The van der Waals surface area contributed by atoms with Crippen LogP contribution in [-0.4, -0.2) is 44.5 Å². The minimum absolute atomic E-state index is 0.137. The van der Waals surface area contributed by atoms with Crippen LogP contribution in [0.15, 0.2) is 36.4 Å². The highest BCUT2D eigenvalue weighted by atomic mass is 19.4. The fourth-order valence-electron chi connectivity index (χ4n) is 2.87. The van der Waals surface area contributed by atoms with Gasteiger partial charge >= 0.3 is 12.2 Å². The van der Waals surface area contributed by atoms with Gasteiger partial charge in [0.05, 0.1) is 31.8 Å². The lowest BCUT2D eigenvalue weighted by Gasteiger charge is -2.12. The van der Waals surface area contributed by atoms with Gasteiger partial charge in [-0.3, -0.25) is 10.1 Å². The molecule has 0 unspecified atom stereocenters. The van der Waals surface area contributed by atoms with Gasteiger partial charge in [0.1, 0.15) is 6.61 Å². The maximum atomic E-state index is 12.1. The number of nitrogens with one attached hydrogen (secondary N) is 2. The molecule has 2 amide bonds. The van der Waals surface area contributed by atoms with E-state index in [-0.39, 0.29) is 37.6 Å². The van der Waals surface area contributed by atoms with Gasteiger partial charge in [0.15, 0.2) is 11.5 Å². The molecule has 0 heterocycles. The van der Waals surface area contributed by atoms with E-state index in [4.69, 9.17) is 9.47 Å². The second-order valence-corrected chi connectivity index (χ2v) is 6.88. The predicted octanol–water partition coefficient (Wildman–Crippen LogP) is 3.73. The maximum Gasteiger partial charge on any atom is 0.411 e. The molecule has 33 heavy (non-hydrogen) atoms. The molecule has 2 aromatic carbocycles. The maximum absolute atomic E-state index is 12.1. The van der Waals surface area contributed by atoms with Crippen LogP contribution in [0.4, 0.5) is 23.7 Å². The van der Waals surface area contributed by atoms with Crippen molar-refractivity contribution in [3.8, 4) is 11.5 Å². The number of nitro benzene ring substituents is 1. The number of rotatable bonds is 11. The number of hydrogen-bond donors (Lipinski definition) is 2. The van der Waals surface area contributed by atoms with Gasteiger partial charge in [0.2, 0.25) is 0 Å². The van der Waals surface area contributed by atoms with Crippen LogP contribution in [0.5, 0.6) is 11.5 Å². The molecular weight excluding hydrogens is 447 g/mol. The lowest BCUT2D eigenvalue weighted by atomic mass is 10.1. The number of carbonyl (C=O) groups is 1. The van der Waals surface area contributed by atoms with Gasteiger partial charge in [-0.2, -0.15) is 13.2 Å².